The molecule has 96 valence electrons. The maximum atomic E-state index is 11.6. The molecule has 0 spiro atoms. The van der Waals surface area contributed by atoms with Crippen molar-refractivity contribution in [2.45, 2.75) is 37.0 Å². The molecule has 0 aromatic carbocycles. The van der Waals surface area contributed by atoms with Crippen LogP contribution in [0.4, 0.5) is 0 Å². The minimum atomic E-state index is -2.95. The Bertz CT molecular complexity index is 443. The van der Waals surface area contributed by atoms with Crippen molar-refractivity contribution in [3.63, 3.8) is 0 Å². The summed E-state index contributed by atoms with van der Waals surface area (Å²) in [4.78, 5) is 3.91. The van der Waals surface area contributed by atoms with E-state index in [0.29, 0.717) is 18.9 Å². The van der Waals surface area contributed by atoms with Crippen LogP contribution in [0.25, 0.3) is 0 Å². The standard InChI is InChI=1S/C10H17N3O3S/c1-17(14,15)9-4-2-3-8(9)11-6-5-10-12-7-13-16-10/h7-9,11H,2-6H2,1H3. The van der Waals surface area contributed by atoms with Crippen LogP contribution < -0.4 is 5.32 Å². The van der Waals surface area contributed by atoms with E-state index in [1.807, 2.05) is 0 Å². The highest BCUT2D eigenvalue weighted by Crippen LogP contribution is 2.24. The van der Waals surface area contributed by atoms with Gasteiger partial charge in [0.05, 0.1) is 5.25 Å². The van der Waals surface area contributed by atoms with E-state index in [4.69, 9.17) is 4.52 Å². The molecule has 0 saturated heterocycles. The van der Waals surface area contributed by atoms with Gasteiger partial charge in [-0.2, -0.15) is 4.98 Å². The van der Waals surface area contributed by atoms with Crippen molar-refractivity contribution < 1.29 is 12.9 Å². The number of aromatic nitrogens is 2. The lowest BCUT2D eigenvalue weighted by Gasteiger charge is -2.18. The summed E-state index contributed by atoms with van der Waals surface area (Å²) in [6, 6.07) is 0.0629. The fourth-order valence-electron chi connectivity index (χ4n) is 2.34. The lowest BCUT2D eigenvalue weighted by Crippen LogP contribution is -2.40. The van der Waals surface area contributed by atoms with Gasteiger partial charge in [-0.3, -0.25) is 0 Å². The molecule has 1 aliphatic rings. The van der Waals surface area contributed by atoms with E-state index in [2.05, 4.69) is 15.5 Å². The summed E-state index contributed by atoms with van der Waals surface area (Å²) in [5, 5.41) is 6.54. The molecule has 0 bridgehead atoms. The first-order valence-corrected chi connectivity index (χ1v) is 7.70. The predicted octanol–water partition coefficient (Wildman–Crippen LogP) is 0.167. The van der Waals surface area contributed by atoms with Gasteiger partial charge in [0.25, 0.3) is 0 Å². The maximum absolute atomic E-state index is 11.6. The second-order valence-corrected chi connectivity index (χ2v) is 6.71. The average Bonchev–Trinajstić information content (AvgIpc) is 2.86. The van der Waals surface area contributed by atoms with Crippen LogP contribution >= 0.6 is 0 Å². The molecule has 6 nitrogen and oxygen atoms in total. The Kier molecular flexibility index (Phi) is 3.78. The highest BCUT2D eigenvalue weighted by atomic mass is 32.2. The summed E-state index contributed by atoms with van der Waals surface area (Å²) < 4.78 is 28.0. The van der Waals surface area contributed by atoms with Crippen molar-refractivity contribution in [3.05, 3.63) is 12.2 Å². The smallest absolute Gasteiger partial charge is 0.227 e. The highest BCUT2D eigenvalue weighted by molar-refractivity contribution is 7.91. The van der Waals surface area contributed by atoms with E-state index in [9.17, 15) is 8.42 Å². The van der Waals surface area contributed by atoms with Crippen LogP contribution in [0, 0.1) is 0 Å². The molecule has 7 heteroatoms. The molecular weight excluding hydrogens is 242 g/mol. The van der Waals surface area contributed by atoms with Gasteiger partial charge in [0.1, 0.15) is 0 Å². The van der Waals surface area contributed by atoms with Gasteiger partial charge in [-0.1, -0.05) is 11.6 Å². The molecule has 0 radical (unpaired) electrons. The number of nitrogens with zero attached hydrogens (tertiary/aromatic N) is 2. The molecule has 2 unspecified atom stereocenters. The van der Waals surface area contributed by atoms with E-state index in [-0.39, 0.29) is 11.3 Å². The summed E-state index contributed by atoms with van der Waals surface area (Å²) in [5.74, 6) is 0.575. The molecule has 0 aliphatic heterocycles. The number of nitrogens with one attached hydrogen (secondary N) is 1. The van der Waals surface area contributed by atoms with Gasteiger partial charge in [-0.25, -0.2) is 8.42 Å². The van der Waals surface area contributed by atoms with Gasteiger partial charge in [0.15, 0.2) is 16.2 Å². The molecule has 1 aliphatic carbocycles. The fourth-order valence-corrected chi connectivity index (χ4v) is 3.77. The van der Waals surface area contributed by atoms with Gasteiger partial charge in [-0.15, -0.1) is 0 Å². The number of hydrogen-bond donors (Lipinski definition) is 1. The highest BCUT2D eigenvalue weighted by Gasteiger charge is 2.34. The summed E-state index contributed by atoms with van der Waals surface area (Å²) in [6.45, 7) is 0.666. The van der Waals surface area contributed by atoms with Crippen LogP contribution in [0.2, 0.25) is 0 Å². The van der Waals surface area contributed by atoms with Gasteiger partial charge >= 0.3 is 0 Å². The lowest BCUT2D eigenvalue weighted by molar-refractivity contribution is 0.371. The molecule has 17 heavy (non-hydrogen) atoms. The Hall–Kier alpha value is -0.950. The van der Waals surface area contributed by atoms with Gasteiger partial charge in [0, 0.05) is 25.3 Å². The zero-order chi connectivity index (χ0) is 12.3. The summed E-state index contributed by atoms with van der Waals surface area (Å²) in [7, 11) is -2.95. The molecule has 1 N–H and O–H groups in total. The van der Waals surface area contributed by atoms with Crippen molar-refractivity contribution in [2.24, 2.45) is 0 Å². The van der Waals surface area contributed by atoms with E-state index in [1.165, 1.54) is 12.6 Å². The van der Waals surface area contributed by atoms with E-state index >= 15 is 0 Å². The van der Waals surface area contributed by atoms with Gasteiger partial charge in [0.2, 0.25) is 5.89 Å². The van der Waals surface area contributed by atoms with Crippen molar-refractivity contribution in [1.29, 1.82) is 0 Å². The minimum absolute atomic E-state index is 0.0629. The summed E-state index contributed by atoms with van der Waals surface area (Å²) in [5.41, 5.74) is 0. The zero-order valence-corrected chi connectivity index (χ0v) is 10.6. The SMILES string of the molecule is CS(=O)(=O)C1CCCC1NCCc1ncno1. The Morgan fingerprint density at radius 1 is 1.53 bits per heavy atom. The topological polar surface area (TPSA) is 85.1 Å². The van der Waals surface area contributed by atoms with Crippen LogP contribution in [0.5, 0.6) is 0 Å². The van der Waals surface area contributed by atoms with Crippen LogP contribution in [-0.2, 0) is 16.3 Å². The van der Waals surface area contributed by atoms with E-state index in [0.717, 1.165) is 19.3 Å². The first-order chi connectivity index (χ1) is 8.07. The minimum Gasteiger partial charge on any atom is -0.340 e. The van der Waals surface area contributed by atoms with Crippen molar-refractivity contribution in [3.8, 4) is 0 Å². The van der Waals surface area contributed by atoms with Crippen LogP contribution in [0.1, 0.15) is 25.2 Å². The molecule has 1 aromatic rings. The largest absolute Gasteiger partial charge is 0.340 e. The Labute approximate surface area is 101 Å². The monoisotopic (exact) mass is 259 g/mol. The lowest BCUT2D eigenvalue weighted by atomic mass is 10.2. The normalized spacial score (nSPS) is 25.2. The third-order valence-electron chi connectivity index (χ3n) is 3.15. The quantitative estimate of drug-likeness (QED) is 0.811. The first kappa shape index (κ1) is 12.5. The number of rotatable bonds is 5. The molecule has 1 heterocycles. The predicted molar refractivity (Wildman–Crippen MR) is 62.3 cm³/mol. The van der Waals surface area contributed by atoms with E-state index < -0.39 is 9.84 Å². The Balaban J connectivity index is 1.82. The zero-order valence-electron chi connectivity index (χ0n) is 9.80. The second-order valence-electron chi connectivity index (χ2n) is 4.44. The van der Waals surface area contributed by atoms with Gasteiger partial charge in [-0.05, 0) is 12.8 Å². The third kappa shape index (κ3) is 3.26. The molecule has 2 atom stereocenters. The summed E-state index contributed by atoms with van der Waals surface area (Å²) >= 11 is 0. The average molecular weight is 259 g/mol. The molecular formula is C10H17N3O3S. The van der Waals surface area contributed by atoms with Crippen LogP contribution in [0.3, 0.4) is 0 Å². The second kappa shape index (κ2) is 5.14. The Morgan fingerprint density at radius 2 is 2.35 bits per heavy atom. The van der Waals surface area contributed by atoms with Gasteiger partial charge < -0.3 is 9.84 Å². The van der Waals surface area contributed by atoms with Crippen LogP contribution in [0.15, 0.2) is 10.9 Å². The maximum Gasteiger partial charge on any atom is 0.227 e. The molecule has 1 aromatic heterocycles. The third-order valence-corrected chi connectivity index (χ3v) is 4.82. The molecule has 1 saturated carbocycles. The van der Waals surface area contributed by atoms with Crippen LogP contribution in [-0.4, -0.2) is 42.7 Å². The first-order valence-electron chi connectivity index (χ1n) is 5.75. The van der Waals surface area contributed by atoms with Crippen molar-refractivity contribution in [2.75, 3.05) is 12.8 Å². The number of hydrogen-bond acceptors (Lipinski definition) is 6. The molecule has 1 fully saturated rings. The number of sulfone groups is 1. The fraction of sp³-hybridized carbons (Fsp3) is 0.800. The van der Waals surface area contributed by atoms with Crippen molar-refractivity contribution >= 4 is 9.84 Å². The van der Waals surface area contributed by atoms with Crippen molar-refractivity contribution in [1.82, 2.24) is 15.5 Å². The molecule has 2 rings (SSSR count). The molecule has 0 amide bonds. The van der Waals surface area contributed by atoms with E-state index in [1.54, 1.807) is 0 Å². The summed E-state index contributed by atoms with van der Waals surface area (Å²) in [6.07, 6.45) is 5.96. The Morgan fingerprint density at radius 3 is 3.00 bits per heavy atom.